The molecule has 2 aliphatic heterocycles. The first-order valence-electron chi connectivity index (χ1n) is 8.96. The summed E-state index contributed by atoms with van der Waals surface area (Å²) in [5, 5.41) is 10.8. The summed E-state index contributed by atoms with van der Waals surface area (Å²) in [6.45, 7) is 3.54. The first-order valence-corrected chi connectivity index (χ1v) is 9.34. The van der Waals surface area contributed by atoms with E-state index in [9.17, 15) is 17.6 Å². The van der Waals surface area contributed by atoms with Gasteiger partial charge in [-0.2, -0.15) is 13.2 Å². The Labute approximate surface area is 169 Å². The van der Waals surface area contributed by atoms with Crippen LogP contribution < -0.4 is 15.0 Å². The highest BCUT2D eigenvalue weighted by Gasteiger charge is 2.38. The van der Waals surface area contributed by atoms with Crippen molar-refractivity contribution in [1.82, 2.24) is 10.3 Å². The van der Waals surface area contributed by atoms with E-state index in [1.54, 1.807) is 6.20 Å². The molecule has 2 aliphatic rings. The number of fused-ring (bicyclic) bond motifs is 2. The number of hydrogen-bond donors (Lipinski definition) is 2. The number of carboxylic acid groups (broad SMARTS) is 1. The highest BCUT2D eigenvalue weighted by atomic mass is 35.5. The summed E-state index contributed by atoms with van der Waals surface area (Å²) in [6.07, 6.45) is -1.73. The van der Waals surface area contributed by atoms with E-state index >= 15 is 0 Å². The molecule has 2 fully saturated rings. The number of ether oxygens (including phenoxy) is 2. The van der Waals surface area contributed by atoms with Gasteiger partial charge < -0.3 is 24.8 Å². The minimum atomic E-state index is -5.08. The quantitative estimate of drug-likeness (QED) is 0.397. The molecule has 2 unspecified atom stereocenters. The molecule has 12 heteroatoms. The summed E-state index contributed by atoms with van der Waals surface area (Å²) >= 11 is 6.08. The van der Waals surface area contributed by atoms with Crippen LogP contribution in [0, 0.1) is 0 Å². The van der Waals surface area contributed by atoms with Crippen LogP contribution in [0.1, 0.15) is 12.8 Å². The summed E-state index contributed by atoms with van der Waals surface area (Å²) < 4.78 is 55.4. The van der Waals surface area contributed by atoms with Gasteiger partial charge in [0.25, 0.3) is 0 Å². The van der Waals surface area contributed by atoms with Gasteiger partial charge in [-0.05, 0) is 12.8 Å². The maximum absolute atomic E-state index is 12.1. The zero-order chi connectivity index (χ0) is 21.4. The molecule has 3 heterocycles. The fourth-order valence-electron chi connectivity index (χ4n) is 2.84. The lowest BCUT2D eigenvalue weighted by Crippen LogP contribution is -2.58. The van der Waals surface area contributed by atoms with Crippen molar-refractivity contribution in [2.75, 3.05) is 44.4 Å². The zero-order valence-electron chi connectivity index (χ0n) is 15.4. The van der Waals surface area contributed by atoms with Gasteiger partial charge >= 0.3 is 12.1 Å². The molecule has 0 radical (unpaired) electrons. The molecular formula is C17H22ClF4N3O4. The highest BCUT2D eigenvalue weighted by molar-refractivity contribution is 6.30. The molecule has 0 aromatic carbocycles. The summed E-state index contributed by atoms with van der Waals surface area (Å²) in [5.41, 5.74) is 0.991. The summed E-state index contributed by atoms with van der Waals surface area (Å²) in [4.78, 5) is 15.4. The van der Waals surface area contributed by atoms with Crippen LogP contribution in [-0.2, 0) is 9.53 Å². The maximum atomic E-state index is 12.1. The van der Waals surface area contributed by atoms with Crippen LogP contribution >= 0.6 is 11.6 Å². The van der Waals surface area contributed by atoms with Gasteiger partial charge in [0.1, 0.15) is 0 Å². The molecular weight excluding hydrogens is 422 g/mol. The van der Waals surface area contributed by atoms with E-state index in [2.05, 4.69) is 15.2 Å². The van der Waals surface area contributed by atoms with Gasteiger partial charge in [0.2, 0.25) is 0 Å². The Morgan fingerprint density at radius 2 is 1.97 bits per heavy atom. The Balaban J connectivity index is 0.000000370. The fraction of sp³-hybridized carbons (Fsp3) is 0.647. The van der Waals surface area contributed by atoms with Crippen molar-refractivity contribution < 1.29 is 36.9 Å². The third-order valence-electron chi connectivity index (χ3n) is 4.16. The van der Waals surface area contributed by atoms with Gasteiger partial charge in [-0.3, -0.25) is 4.39 Å². The fourth-order valence-corrected chi connectivity index (χ4v) is 2.99. The first-order chi connectivity index (χ1) is 13.7. The number of nitrogens with zero attached hydrogens (tertiary/aromatic N) is 2. The number of unbranched alkanes of at least 4 members (excludes halogenated alkanes) is 1. The Hall–Kier alpha value is -1.85. The van der Waals surface area contributed by atoms with Crippen molar-refractivity contribution >= 4 is 23.3 Å². The Kier molecular flexibility index (Phi) is 8.72. The number of morpholine rings is 2. The lowest BCUT2D eigenvalue weighted by atomic mass is 10.1. The lowest BCUT2D eigenvalue weighted by Gasteiger charge is -2.42. The van der Waals surface area contributed by atoms with Crippen LogP contribution in [-0.4, -0.2) is 73.9 Å². The largest absolute Gasteiger partial charge is 0.490 e. The zero-order valence-corrected chi connectivity index (χ0v) is 16.2. The summed E-state index contributed by atoms with van der Waals surface area (Å²) in [6, 6.07) is 1.92. The molecule has 0 aliphatic carbocycles. The summed E-state index contributed by atoms with van der Waals surface area (Å²) in [5.74, 6) is -2.19. The maximum Gasteiger partial charge on any atom is 0.490 e. The average molecular weight is 444 g/mol. The van der Waals surface area contributed by atoms with E-state index in [1.807, 2.05) is 6.07 Å². The predicted octanol–water partition coefficient (Wildman–Crippen LogP) is 2.67. The number of rotatable bonds is 6. The number of aliphatic carboxylic acids is 1. The second-order valence-electron chi connectivity index (χ2n) is 6.47. The van der Waals surface area contributed by atoms with Crippen molar-refractivity contribution in [3.05, 3.63) is 17.4 Å². The van der Waals surface area contributed by atoms with Gasteiger partial charge in [0.05, 0.1) is 37.4 Å². The van der Waals surface area contributed by atoms with Crippen molar-refractivity contribution in [3.8, 4) is 5.75 Å². The third kappa shape index (κ3) is 7.48. The van der Waals surface area contributed by atoms with Gasteiger partial charge in [-0.15, -0.1) is 0 Å². The molecule has 29 heavy (non-hydrogen) atoms. The lowest BCUT2D eigenvalue weighted by molar-refractivity contribution is -0.192. The topological polar surface area (TPSA) is 83.9 Å². The number of pyridine rings is 1. The molecule has 164 valence electrons. The molecule has 7 nitrogen and oxygen atoms in total. The molecule has 0 amide bonds. The van der Waals surface area contributed by atoms with E-state index in [-0.39, 0.29) is 18.9 Å². The first kappa shape index (κ1) is 23.4. The second-order valence-corrected chi connectivity index (χ2v) is 6.83. The molecule has 1 aromatic heterocycles. The smallest absolute Gasteiger partial charge is 0.490 e. The number of alkyl halides is 4. The second kappa shape index (κ2) is 10.8. The van der Waals surface area contributed by atoms with Gasteiger partial charge in [-0.25, -0.2) is 9.78 Å². The molecule has 3 rings (SSSR count). The number of carboxylic acids is 1. The minimum absolute atomic E-state index is 0.206. The van der Waals surface area contributed by atoms with Crippen molar-refractivity contribution in [2.24, 2.45) is 0 Å². The average Bonchev–Trinajstić information content (AvgIpc) is 2.66. The molecule has 2 bridgehead atoms. The molecule has 1 aromatic rings. The predicted molar refractivity (Wildman–Crippen MR) is 97.4 cm³/mol. The van der Waals surface area contributed by atoms with Crippen LogP contribution in [0.3, 0.4) is 0 Å². The normalized spacial score (nSPS) is 21.2. The Morgan fingerprint density at radius 1 is 1.34 bits per heavy atom. The van der Waals surface area contributed by atoms with E-state index < -0.39 is 12.1 Å². The van der Waals surface area contributed by atoms with Gasteiger partial charge in [0, 0.05) is 32.2 Å². The van der Waals surface area contributed by atoms with Crippen molar-refractivity contribution in [1.29, 1.82) is 0 Å². The van der Waals surface area contributed by atoms with Gasteiger partial charge in [0.15, 0.2) is 10.9 Å². The van der Waals surface area contributed by atoms with Crippen LogP contribution in [0.25, 0.3) is 0 Å². The van der Waals surface area contributed by atoms with Crippen LogP contribution in [0.15, 0.2) is 12.3 Å². The molecule has 2 saturated heterocycles. The molecule has 0 saturated carbocycles. The monoisotopic (exact) mass is 443 g/mol. The molecule has 0 spiro atoms. The van der Waals surface area contributed by atoms with Crippen molar-refractivity contribution in [3.63, 3.8) is 0 Å². The number of halogens is 5. The number of anilines is 1. The Bertz CT molecular complexity index is 669. The van der Waals surface area contributed by atoms with E-state index in [0.717, 1.165) is 31.9 Å². The number of nitrogens with one attached hydrogen (secondary N) is 1. The minimum Gasteiger partial charge on any atom is -0.490 e. The molecule has 2 N–H and O–H groups in total. The van der Waals surface area contributed by atoms with Crippen molar-refractivity contribution in [2.45, 2.75) is 31.2 Å². The van der Waals surface area contributed by atoms with Crippen LogP contribution in [0.5, 0.6) is 5.75 Å². The van der Waals surface area contributed by atoms with E-state index in [4.69, 9.17) is 31.0 Å². The SMILES string of the molecule is FCCCCOc1cc(N2CC3CNCC(C2)O3)cnc1Cl.O=C(O)C(F)(F)F. The number of aromatic nitrogens is 1. The summed E-state index contributed by atoms with van der Waals surface area (Å²) in [7, 11) is 0. The number of hydrogen-bond acceptors (Lipinski definition) is 6. The van der Waals surface area contributed by atoms with Crippen LogP contribution in [0.4, 0.5) is 23.2 Å². The van der Waals surface area contributed by atoms with E-state index in [1.165, 1.54) is 0 Å². The molecule has 2 atom stereocenters. The standard InChI is InChI=1S/C15H21ClFN3O2.C2HF3O2/c16-15-14(21-4-2-1-3-17)5-11(6-19-15)20-9-12-7-18-8-13(10-20)22-12;3-2(4,5)1(6)7/h5-6,12-13,18H,1-4,7-10H2;(H,6,7). The van der Waals surface area contributed by atoms with Crippen LogP contribution in [0.2, 0.25) is 5.15 Å². The third-order valence-corrected chi connectivity index (χ3v) is 4.45. The number of carbonyl (C=O) groups is 1. The van der Waals surface area contributed by atoms with E-state index in [0.29, 0.717) is 30.4 Å². The Morgan fingerprint density at radius 3 is 2.52 bits per heavy atom. The van der Waals surface area contributed by atoms with Gasteiger partial charge in [-0.1, -0.05) is 11.6 Å². The highest BCUT2D eigenvalue weighted by Crippen LogP contribution is 2.29.